The molecule has 0 radical (unpaired) electrons. The van der Waals surface area contributed by atoms with Crippen molar-refractivity contribution in [1.82, 2.24) is 5.43 Å². The van der Waals surface area contributed by atoms with Crippen LogP contribution in [0.25, 0.3) is 0 Å². The van der Waals surface area contributed by atoms with Crippen molar-refractivity contribution in [3.05, 3.63) is 89.5 Å². The van der Waals surface area contributed by atoms with E-state index in [2.05, 4.69) is 21.2 Å². The number of ether oxygens (including phenoxy) is 1. The Morgan fingerprint density at radius 2 is 1.58 bits per heavy atom. The number of benzene rings is 3. The van der Waals surface area contributed by atoms with Crippen LogP contribution in [0.1, 0.15) is 28.4 Å². The standard InChI is InChI=1S/C25H24N4O4/c1-3-33-20-14-10-18(11-15-20)16-26-29-25(32)24(31)28-22-7-5-4-6-21(22)23(30)27-19-12-8-17(2)9-13-19/h4-16H,3H2,1-2H3,(H,27,30)(H,28,31)(H,29,32). The lowest BCUT2D eigenvalue weighted by atomic mass is 10.1. The first-order chi connectivity index (χ1) is 16.0. The fourth-order valence-corrected chi connectivity index (χ4v) is 2.84. The molecule has 0 atom stereocenters. The van der Waals surface area contributed by atoms with Gasteiger partial charge in [-0.1, -0.05) is 29.8 Å². The number of carbonyl (C=O) groups is 3. The maximum absolute atomic E-state index is 12.7. The van der Waals surface area contributed by atoms with Gasteiger partial charge in [0.1, 0.15) is 5.75 Å². The Balaban J connectivity index is 1.59. The van der Waals surface area contributed by atoms with E-state index < -0.39 is 17.7 Å². The zero-order valence-corrected chi connectivity index (χ0v) is 18.3. The minimum Gasteiger partial charge on any atom is -0.494 e. The second-order valence-corrected chi connectivity index (χ2v) is 7.02. The Labute approximate surface area is 191 Å². The minimum atomic E-state index is -0.967. The molecule has 8 heteroatoms. The third-order valence-electron chi connectivity index (χ3n) is 4.51. The van der Waals surface area contributed by atoms with Gasteiger partial charge < -0.3 is 15.4 Å². The summed E-state index contributed by atoms with van der Waals surface area (Å²) in [6.45, 7) is 4.41. The van der Waals surface area contributed by atoms with Crippen molar-refractivity contribution in [2.45, 2.75) is 13.8 Å². The number of hydrogen-bond acceptors (Lipinski definition) is 5. The minimum absolute atomic E-state index is 0.206. The molecule has 0 aliphatic heterocycles. The summed E-state index contributed by atoms with van der Waals surface area (Å²) in [5, 5.41) is 9.02. The molecule has 0 spiro atoms. The molecule has 8 nitrogen and oxygen atoms in total. The molecule has 0 aromatic heterocycles. The quantitative estimate of drug-likeness (QED) is 0.293. The summed E-state index contributed by atoms with van der Waals surface area (Å²) in [6.07, 6.45) is 1.41. The van der Waals surface area contributed by atoms with E-state index in [0.29, 0.717) is 12.3 Å². The lowest BCUT2D eigenvalue weighted by molar-refractivity contribution is -0.136. The highest BCUT2D eigenvalue weighted by molar-refractivity contribution is 6.40. The summed E-state index contributed by atoms with van der Waals surface area (Å²) < 4.78 is 5.36. The number of hydrazone groups is 1. The third kappa shape index (κ3) is 6.76. The number of amides is 3. The van der Waals surface area contributed by atoms with Crippen molar-refractivity contribution < 1.29 is 19.1 Å². The summed E-state index contributed by atoms with van der Waals surface area (Å²) in [7, 11) is 0. The van der Waals surface area contributed by atoms with Crippen LogP contribution in [-0.2, 0) is 9.59 Å². The second-order valence-electron chi connectivity index (χ2n) is 7.02. The average Bonchev–Trinajstić information content (AvgIpc) is 2.82. The lowest BCUT2D eigenvalue weighted by Gasteiger charge is -2.11. The van der Waals surface area contributed by atoms with Crippen LogP contribution in [0.3, 0.4) is 0 Å². The van der Waals surface area contributed by atoms with Crippen molar-refractivity contribution in [3.8, 4) is 5.75 Å². The summed E-state index contributed by atoms with van der Waals surface area (Å²) in [6, 6.07) is 20.8. The normalized spacial score (nSPS) is 10.5. The molecule has 0 aliphatic rings. The Kier molecular flexibility index (Phi) is 7.91. The largest absolute Gasteiger partial charge is 0.494 e. The third-order valence-corrected chi connectivity index (χ3v) is 4.51. The Morgan fingerprint density at radius 1 is 0.879 bits per heavy atom. The summed E-state index contributed by atoms with van der Waals surface area (Å²) in [5.41, 5.74) is 5.00. The van der Waals surface area contributed by atoms with Crippen LogP contribution in [0.5, 0.6) is 5.75 Å². The number of hydrogen-bond donors (Lipinski definition) is 3. The SMILES string of the molecule is CCOc1ccc(C=NNC(=O)C(=O)Nc2ccccc2C(=O)Nc2ccc(C)cc2)cc1. The van der Waals surface area contributed by atoms with Gasteiger partial charge >= 0.3 is 11.8 Å². The molecule has 33 heavy (non-hydrogen) atoms. The highest BCUT2D eigenvalue weighted by Crippen LogP contribution is 2.18. The molecule has 0 unspecified atom stereocenters. The molecule has 0 heterocycles. The monoisotopic (exact) mass is 444 g/mol. The van der Waals surface area contributed by atoms with Gasteiger partial charge in [0, 0.05) is 5.69 Å². The summed E-state index contributed by atoms with van der Waals surface area (Å²) >= 11 is 0. The lowest BCUT2D eigenvalue weighted by Crippen LogP contribution is -2.33. The Hall–Kier alpha value is -4.46. The van der Waals surface area contributed by atoms with E-state index in [1.807, 2.05) is 26.0 Å². The molecule has 3 aromatic rings. The van der Waals surface area contributed by atoms with E-state index >= 15 is 0 Å². The van der Waals surface area contributed by atoms with Crippen molar-refractivity contribution in [2.75, 3.05) is 17.2 Å². The van der Waals surface area contributed by atoms with E-state index in [-0.39, 0.29) is 11.3 Å². The highest BCUT2D eigenvalue weighted by Gasteiger charge is 2.17. The topological polar surface area (TPSA) is 109 Å². The van der Waals surface area contributed by atoms with Gasteiger partial charge in [0.15, 0.2) is 0 Å². The van der Waals surface area contributed by atoms with E-state index in [1.165, 1.54) is 6.21 Å². The van der Waals surface area contributed by atoms with E-state index in [0.717, 1.165) is 16.9 Å². The van der Waals surface area contributed by atoms with Gasteiger partial charge in [-0.2, -0.15) is 5.10 Å². The molecule has 168 valence electrons. The molecule has 0 aliphatic carbocycles. The summed E-state index contributed by atoms with van der Waals surface area (Å²) in [4.78, 5) is 37.1. The molecule has 3 N–H and O–H groups in total. The predicted octanol–water partition coefficient (Wildman–Crippen LogP) is 3.73. The van der Waals surface area contributed by atoms with Crippen LogP contribution in [0.15, 0.2) is 77.9 Å². The number of nitrogens with one attached hydrogen (secondary N) is 3. The van der Waals surface area contributed by atoms with Crippen molar-refractivity contribution >= 4 is 35.3 Å². The van der Waals surface area contributed by atoms with Gasteiger partial charge in [-0.3, -0.25) is 14.4 Å². The Bertz CT molecular complexity index is 1160. The van der Waals surface area contributed by atoms with Crippen LogP contribution in [0.2, 0.25) is 0 Å². The zero-order chi connectivity index (χ0) is 23.6. The first-order valence-electron chi connectivity index (χ1n) is 10.3. The van der Waals surface area contributed by atoms with Crippen LogP contribution in [0.4, 0.5) is 11.4 Å². The predicted molar refractivity (Wildman–Crippen MR) is 128 cm³/mol. The van der Waals surface area contributed by atoms with Gasteiger partial charge in [0.05, 0.1) is 24.1 Å². The molecule has 0 saturated carbocycles. The number of nitrogens with zero attached hydrogens (tertiary/aromatic N) is 1. The molecule has 3 rings (SSSR count). The number of anilines is 2. The van der Waals surface area contributed by atoms with Gasteiger partial charge in [0.2, 0.25) is 0 Å². The molecule has 3 amide bonds. The number of para-hydroxylation sites is 1. The van der Waals surface area contributed by atoms with Crippen LogP contribution < -0.4 is 20.8 Å². The first-order valence-corrected chi connectivity index (χ1v) is 10.3. The number of rotatable bonds is 7. The Morgan fingerprint density at radius 3 is 2.27 bits per heavy atom. The highest BCUT2D eigenvalue weighted by atomic mass is 16.5. The van der Waals surface area contributed by atoms with Crippen molar-refractivity contribution in [1.29, 1.82) is 0 Å². The average molecular weight is 444 g/mol. The molecular formula is C25H24N4O4. The van der Waals surface area contributed by atoms with Gasteiger partial charge in [0.25, 0.3) is 5.91 Å². The first kappa shape index (κ1) is 23.2. The van der Waals surface area contributed by atoms with Gasteiger partial charge in [-0.25, -0.2) is 5.43 Å². The molecule has 0 fully saturated rings. The molecule has 0 saturated heterocycles. The van der Waals surface area contributed by atoms with Crippen LogP contribution in [-0.4, -0.2) is 30.5 Å². The van der Waals surface area contributed by atoms with Crippen LogP contribution >= 0.6 is 0 Å². The molecule has 0 bridgehead atoms. The van der Waals surface area contributed by atoms with E-state index in [9.17, 15) is 14.4 Å². The smallest absolute Gasteiger partial charge is 0.329 e. The van der Waals surface area contributed by atoms with E-state index in [1.54, 1.807) is 60.7 Å². The second kappa shape index (κ2) is 11.2. The van der Waals surface area contributed by atoms with Crippen molar-refractivity contribution in [2.24, 2.45) is 5.10 Å². The van der Waals surface area contributed by atoms with Crippen molar-refractivity contribution in [3.63, 3.8) is 0 Å². The van der Waals surface area contributed by atoms with Gasteiger partial charge in [-0.15, -0.1) is 0 Å². The molecule has 3 aromatic carbocycles. The maximum atomic E-state index is 12.7. The van der Waals surface area contributed by atoms with E-state index in [4.69, 9.17) is 4.74 Å². The van der Waals surface area contributed by atoms with Crippen LogP contribution in [0, 0.1) is 6.92 Å². The fraction of sp³-hybridized carbons (Fsp3) is 0.120. The zero-order valence-electron chi connectivity index (χ0n) is 18.3. The fourth-order valence-electron chi connectivity index (χ4n) is 2.84. The van der Waals surface area contributed by atoms with Gasteiger partial charge in [-0.05, 0) is 67.9 Å². The molecular weight excluding hydrogens is 420 g/mol. The summed E-state index contributed by atoms with van der Waals surface area (Å²) in [5.74, 6) is -1.60. The maximum Gasteiger partial charge on any atom is 0.329 e. The number of carbonyl (C=O) groups excluding carboxylic acids is 3. The number of aryl methyl sites for hydroxylation is 1.